The monoisotopic (exact) mass is 490 g/mol. The molecule has 0 saturated carbocycles. The SMILES string of the molecule is Cc1c(C)c2c(c3c1-c1ccc(-c4ccccc4)cc1C3(C)C)C(C)(C)c1cc(-c3ccccc3)ccc1-2. The van der Waals surface area contributed by atoms with Crippen LogP contribution < -0.4 is 0 Å². The van der Waals surface area contributed by atoms with Crippen molar-refractivity contribution in [2.24, 2.45) is 0 Å². The van der Waals surface area contributed by atoms with Crippen LogP contribution in [0.1, 0.15) is 61.1 Å². The smallest absolute Gasteiger partial charge is 0.0162 e. The maximum atomic E-state index is 2.45. The van der Waals surface area contributed by atoms with Crippen LogP contribution in [0.3, 0.4) is 0 Å². The minimum absolute atomic E-state index is 0.0838. The zero-order valence-electron chi connectivity index (χ0n) is 23.2. The molecule has 186 valence electrons. The lowest BCUT2D eigenvalue weighted by Gasteiger charge is -2.32. The Morgan fingerprint density at radius 3 is 1.16 bits per heavy atom. The summed E-state index contributed by atoms with van der Waals surface area (Å²) in [6.45, 7) is 14.4. The van der Waals surface area contributed by atoms with E-state index in [0.29, 0.717) is 0 Å². The Morgan fingerprint density at radius 2 is 0.789 bits per heavy atom. The van der Waals surface area contributed by atoms with Gasteiger partial charge in [-0.15, -0.1) is 0 Å². The average molecular weight is 491 g/mol. The first-order valence-corrected chi connectivity index (χ1v) is 13.8. The third-order valence-electron chi connectivity index (χ3n) is 9.45. The Bertz CT molecular complexity index is 1620. The van der Waals surface area contributed by atoms with Crippen LogP contribution >= 0.6 is 0 Å². The highest BCUT2D eigenvalue weighted by Crippen LogP contribution is 2.61. The second-order valence-electron chi connectivity index (χ2n) is 12.3. The standard InChI is InChI=1S/C38H34/c1-23-24(2)34-30-20-18-28(26-15-11-8-12-16-26)22-32(30)38(5,6)36(34)35-33(23)29-19-17-27(21-31(29)37(35,3)4)25-13-9-7-10-14-25/h7-22H,1-6H3. The summed E-state index contributed by atoms with van der Waals surface area (Å²) in [5.74, 6) is 0. The predicted octanol–water partition coefficient (Wildman–Crippen LogP) is 10.3. The normalized spacial score (nSPS) is 15.5. The van der Waals surface area contributed by atoms with E-state index in [1.54, 1.807) is 0 Å². The maximum absolute atomic E-state index is 2.45. The van der Waals surface area contributed by atoms with E-state index in [9.17, 15) is 0 Å². The minimum Gasteiger partial charge on any atom is -0.0622 e. The largest absolute Gasteiger partial charge is 0.0622 e. The molecule has 0 aliphatic heterocycles. The zero-order valence-corrected chi connectivity index (χ0v) is 23.2. The van der Waals surface area contributed by atoms with Crippen LogP contribution in [0.15, 0.2) is 97.1 Å². The van der Waals surface area contributed by atoms with Crippen molar-refractivity contribution in [1.29, 1.82) is 0 Å². The van der Waals surface area contributed by atoms with Crippen molar-refractivity contribution in [3.8, 4) is 44.5 Å². The topological polar surface area (TPSA) is 0 Å². The summed E-state index contributed by atoms with van der Waals surface area (Å²) < 4.78 is 0. The highest BCUT2D eigenvalue weighted by atomic mass is 14.5. The summed E-state index contributed by atoms with van der Waals surface area (Å²) in [5.41, 5.74) is 19.5. The Hall–Kier alpha value is -3.90. The van der Waals surface area contributed by atoms with Crippen molar-refractivity contribution in [2.75, 3.05) is 0 Å². The molecule has 0 heterocycles. The van der Waals surface area contributed by atoms with Gasteiger partial charge in [0.25, 0.3) is 0 Å². The molecule has 5 aromatic rings. The van der Waals surface area contributed by atoms with Crippen LogP contribution in [-0.4, -0.2) is 0 Å². The van der Waals surface area contributed by atoms with E-state index in [2.05, 4.69) is 139 Å². The summed E-state index contributed by atoms with van der Waals surface area (Å²) in [6, 6.07) is 35.9. The van der Waals surface area contributed by atoms with E-state index in [1.165, 1.54) is 77.9 Å². The highest BCUT2D eigenvalue weighted by molar-refractivity contribution is 5.96. The molecule has 2 aliphatic carbocycles. The van der Waals surface area contributed by atoms with Crippen LogP contribution in [0.5, 0.6) is 0 Å². The molecule has 2 aliphatic rings. The Morgan fingerprint density at radius 1 is 0.421 bits per heavy atom. The summed E-state index contributed by atoms with van der Waals surface area (Å²) in [6.07, 6.45) is 0. The summed E-state index contributed by atoms with van der Waals surface area (Å²) in [7, 11) is 0. The molecule has 0 atom stereocenters. The van der Waals surface area contributed by atoms with Gasteiger partial charge < -0.3 is 0 Å². The van der Waals surface area contributed by atoms with Gasteiger partial charge in [0.15, 0.2) is 0 Å². The molecular weight excluding hydrogens is 456 g/mol. The fourth-order valence-corrected chi connectivity index (χ4v) is 7.37. The lowest BCUT2D eigenvalue weighted by Crippen LogP contribution is -2.24. The fraction of sp³-hybridized carbons (Fsp3) is 0.211. The van der Waals surface area contributed by atoms with Gasteiger partial charge in [-0.2, -0.15) is 0 Å². The third kappa shape index (κ3) is 2.98. The van der Waals surface area contributed by atoms with E-state index in [0.717, 1.165) is 0 Å². The van der Waals surface area contributed by atoms with Crippen molar-refractivity contribution < 1.29 is 0 Å². The van der Waals surface area contributed by atoms with Gasteiger partial charge in [0.05, 0.1) is 0 Å². The van der Waals surface area contributed by atoms with Crippen LogP contribution in [0.25, 0.3) is 44.5 Å². The van der Waals surface area contributed by atoms with Crippen LogP contribution in [0.2, 0.25) is 0 Å². The van der Waals surface area contributed by atoms with E-state index in [-0.39, 0.29) is 10.8 Å². The lowest BCUT2D eigenvalue weighted by molar-refractivity contribution is 0.601. The van der Waals surface area contributed by atoms with Crippen molar-refractivity contribution in [2.45, 2.75) is 52.4 Å². The number of rotatable bonds is 2. The van der Waals surface area contributed by atoms with Gasteiger partial charge in [0.1, 0.15) is 0 Å². The summed E-state index contributed by atoms with van der Waals surface area (Å²) >= 11 is 0. The van der Waals surface area contributed by atoms with Gasteiger partial charge in [-0.3, -0.25) is 0 Å². The first-order valence-electron chi connectivity index (χ1n) is 13.8. The lowest BCUT2D eigenvalue weighted by atomic mass is 9.71. The number of fused-ring (bicyclic) bond motifs is 7. The fourth-order valence-electron chi connectivity index (χ4n) is 7.37. The first kappa shape index (κ1) is 23.2. The molecule has 0 radical (unpaired) electrons. The number of hydrogen-bond donors (Lipinski definition) is 0. The molecule has 0 heteroatoms. The van der Waals surface area contributed by atoms with Crippen LogP contribution in [-0.2, 0) is 10.8 Å². The summed E-state index contributed by atoms with van der Waals surface area (Å²) in [5, 5.41) is 0. The number of hydrogen-bond acceptors (Lipinski definition) is 0. The molecule has 0 nitrogen and oxygen atoms in total. The molecule has 0 amide bonds. The van der Waals surface area contributed by atoms with Crippen molar-refractivity contribution >= 4 is 0 Å². The quantitative estimate of drug-likeness (QED) is 0.231. The summed E-state index contributed by atoms with van der Waals surface area (Å²) in [4.78, 5) is 0. The molecule has 0 unspecified atom stereocenters. The van der Waals surface area contributed by atoms with Gasteiger partial charge in [0, 0.05) is 10.8 Å². The molecule has 0 bridgehead atoms. The Kier molecular flexibility index (Phi) is 4.77. The van der Waals surface area contributed by atoms with Gasteiger partial charge in [0.2, 0.25) is 0 Å². The molecule has 5 aromatic carbocycles. The van der Waals surface area contributed by atoms with Crippen molar-refractivity contribution in [3.63, 3.8) is 0 Å². The van der Waals surface area contributed by atoms with Gasteiger partial charge in [-0.1, -0.05) is 113 Å². The Labute approximate surface area is 227 Å². The third-order valence-corrected chi connectivity index (χ3v) is 9.45. The van der Waals surface area contributed by atoms with Crippen LogP contribution in [0, 0.1) is 13.8 Å². The molecule has 0 fully saturated rings. The molecule has 0 aromatic heterocycles. The molecular formula is C38H34. The molecule has 0 saturated heterocycles. The van der Waals surface area contributed by atoms with Gasteiger partial charge in [-0.25, -0.2) is 0 Å². The van der Waals surface area contributed by atoms with Crippen LogP contribution in [0.4, 0.5) is 0 Å². The van der Waals surface area contributed by atoms with E-state index < -0.39 is 0 Å². The van der Waals surface area contributed by atoms with Gasteiger partial charge >= 0.3 is 0 Å². The van der Waals surface area contributed by atoms with Crippen molar-refractivity contribution in [1.82, 2.24) is 0 Å². The Balaban J connectivity index is 1.48. The van der Waals surface area contributed by atoms with E-state index in [1.807, 2.05) is 0 Å². The maximum Gasteiger partial charge on any atom is 0.0162 e. The molecule has 7 rings (SSSR count). The first-order chi connectivity index (χ1) is 18.2. The second kappa shape index (κ2) is 7.81. The molecule has 0 spiro atoms. The minimum atomic E-state index is -0.0838. The second-order valence-corrected chi connectivity index (χ2v) is 12.3. The molecule has 38 heavy (non-hydrogen) atoms. The average Bonchev–Trinajstić information content (AvgIpc) is 3.31. The zero-order chi connectivity index (χ0) is 26.4. The predicted molar refractivity (Wildman–Crippen MR) is 162 cm³/mol. The number of benzene rings is 5. The van der Waals surface area contributed by atoms with Gasteiger partial charge in [-0.05, 0) is 104 Å². The van der Waals surface area contributed by atoms with E-state index in [4.69, 9.17) is 0 Å². The molecule has 0 N–H and O–H groups in total. The highest BCUT2D eigenvalue weighted by Gasteiger charge is 2.47. The van der Waals surface area contributed by atoms with E-state index >= 15 is 0 Å². The van der Waals surface area contributed by atoms with Crippen molar-refractivity contribution in [3.05, 3.63) is 130 Å².